The van der Waals surface area contributed by atoms with E-state index in [1.807, 2.05) is 12.1 Å². The van der Waals surface area contributed by atoms with Crippen LogP contribution in [0.2, 0.25) is 0 Å². The van der Waals surface area contributed by atoms with E-state index in [2.05, 4.69) is 10.8 Å². The molecule has 2 fully saturated rings. The molecule has 5 nitrogen and oxygen atoms in total. The molecule has 0 radical (unpaired) electrons. The van der Waals surface area contributed by atoms with Gasteiger partial charge in [0.15, 0.2) is 0 Å². The Labute approximate surface area is 184 Å². The van der Waals surface area contributed by atoms with Gasteiger partial charge in [0.2, 0.25) is 10.0 Å². The molecule has 7 heteroatoms. The number of fused-ring (bicyclic) bond motifs is 2. The Morgan fingerprint density at radius 2 is 1.85 bits per heavy atom. The quantitative estimate of drug-likeness (QED) is 0.336. The van der Waals surface area contributed by atoms with E-state index in [0.29, 0.717) is 29.1 Å². The summed E-state index contributed by atoms with van der Waals surface area (Å²) in [6.07, 6.45) is 9.70. The Morgan fingerprint density at radius 3 is 2.56 bits per heavy atom. The van der Waals surface area contributed by atoms with E-state index in [1.54, 1.807) is 24.3 Å². The molecule has 1 aromatic carbocycles. The van der Waals surface area contributed by atoms with Crippen molar-refractivity contribution in [2.75, 3.05) is 0 Å². The molecule has 2 bridgehead atoms. The molecule has 4 atom stereocenters. The van der Waals surface area contributed by atoms with E-state index in [4.69, 9.17) is 0 Å². The number of carboxylic acid groups (broad SMARTS) is 1. The van der Waals surface area contributed by atoms with E-state index >= 15 is 0 Å². The summed E-state index contributed by atoms with van der Waals surface area (Å²) in [5.74, 6) is 0.317. The molecule has 1 N–H and O–H groups in total. The normalized spacial score (nSPS) is 27.0. The number of allylic oxidation sites excluding steroid dienone is 2. The molecule has 2 saturated carbocycles. The van der Waals surface area contributed by atoms with E-state index in [0.717, 1.165) is 25.7 Å². The van der Waals surface area contributed by atoms with Crippen LogP contribution < -0.4 is 39.4 Å². The van der Waals surface area contributed by atoms with Gasteiger partial charge >= 0.3 is 29.6 Å². The van der Waals surface area contributed by atoms with Crippen LogP contribution in [0.1, 0.15) is 44.9 Å². The number of hydrogen-bond acceptors (Lipinski definition) is 4. The average Bonchev–Trinajstić information content (AvgIpc) is 3.20. The molecule has 0 aliphatic heterocycles. The van der Waals surface area contributed by atoms with Crippen LogP contribution in [-0.4, -0.2) is 20.4 Å². The number of unbranched alkanes of at least 4 members (excludes halogenated alkanes) is 1. The van der Waals surface area contributed by atoms with Crippen molar-refractivity contribution < 1.29 is 47.9 Å². The van der Waals surface area contributed by atoms with E-state index in [-0.39, 0.29) is 42.0 Å². The van der Waals surface area contributed by atoms with Gasteiger partial charge < -0.3 is 9.90 Å². The van der Waals surface area contributed by atoms with Gasteiger partial charge in [-0.2, -0.15) is 0 Å². The number of sulfonamides is 1. The summed E-state index contributed by atoms with van der Waals surface area (Å²) in [7, 11) is -3.49. The Hall–Kier alpha value is -0.660. The Balaban J connectivity index is 0.00000261. The summed E-state index contributed by atoms with van der Waals surface area (Å²) in [6, 6.07) is 8.53. The smallest absolute Gasteiger partial charge is 0.550 e. The van der Waals surface area contributed by atoms with Crippen molar-refractivity contribution in [2.45, 2.75) is 55.9 Å². The molecule has 0 spiro atoms. The van der Waals surface area contributed by atoms with Crippen molar-refractivity contribution in [3.63, 3.8) is 0 Å². The summed E-state index contributed by atoms with van der Waals surface area (Å²) in [5, 5.41) is 10.4. The Bertz CT molecular complexity index is 751. The van der Waals surface area contributed by atoms with Gasteiger partial charge in [-0.1, -0.05) is 30.4 Å². The van der Waals surface area contributed by atoms with Crippen LogP contribution in [0.25, 0.3) is 0 Å². The van der Waals surface area contributed by atoms with Crippen LogP contribution in [0, 0.1) is 17.8 Å². The molecule has 27 heavy (non-hydrogen) atoms. The van der Waals surface area contributed by atoms with E-state index in [1.165, 1.54) is 6.42 Å². The van der Waals surface area contributed by atoms with Crippen molar-refractivity contribution in [2.24, 2.45) is 17.8 Å². The fraction of sp³-hybridized carbons (Fsp3) is 0.550. The first kappa shape index (κ1) is 22.6. The molecule has 1 aromatic rings. The van der Waals surface area contributed by atoms with Crippen LogP contribution in [0.15, 0.2) is 47.4 Å². The van der Waals surface area contributed by atoms with Crippen molar-refractivity contribution in [1.82, 2.24) is 4.72 Å². The molecule has 0 amide bonds. The average molecular weight is 399 g/mol. The number of carbonyl (C=O) groups excluding carboxylic acids is 1. The minimum Gasteiger partial charge on any atom is -0.550 e. The predicted octanol–water partition coefficient (Wildman–Crippen LogP) is -0.750. The van der Waals surface area contributed by atoms with Crippen molar-refractivity contribution in [3.05, 3.63) is 42.5 Å². The van der Waals surface area contributed by atoms with Gasteiger partial charge in [0.05, 0.1) is 4.90 Å². The predicted molar refractivity (Wildman–Crippen MR) is 97.5 cm³/mol. The molecule has 3 rings (SSSR count). The first-order valence-electron chi connectivity index (χ1n) is 9.39. The zero-order chi connectivity index (χ0) is 18.6. The number of carboxylic acids is 1. The van der Waals surface area contributed by atoms with Crippen LogP contribution in [0.3, 0.4) is 0 Å². The summed E-state index contributed by atoms with van der Waals surface area (Å²) >= 11 is 0. The minimum atomic E-state index is -3.49. The van der Waals surface area contributed by atoms with Crippen molar-refractivity contribution >= 4 is 16.0 Å². The van der Waals surface area contributed by atoms with Crippen LogP contribution >= 0.6 is 0 Å². The molecular weight excluding hydrogens is 373 g/mol. The molecule has 142 valence electrons. The van der Waals surface area contributed by atoms with Crippen LogP contribution in [0.5, 0.6) is 0 Å². The number of benzene rings is 1. The Morgan fingerprint density at radius 1 is 1.15 bits per heavy atom. The second-order valence-corrected chi connectivity index (χ2v) is 9.14. The molecule has 2 aliphatic rings. The third kappa shape index (κ3) is 5.91. The minimum absolute atomic E-state index is 0. The molecule has 0 heterocycles. The number of carbonyl (C=O) groups is 1. The van der Waals surface area contributed by atoms with Gasteiger partial charge in [-0.3, -0.25) is 0 Å². The molecule has 1 unspecified atom stereocenters. The molecular formula is C20H26NNaO4S. The number of aliphatic carboxylic acids is 1. The molecule has 0 aromatic heterocycles. The second-order valence-electron chi connectivity index (χ2n) is 7.43. The van der Waals surface area contributed by atoms with Crippen molar-refractivity contribution in [3.8, 4) is 0 Å². The van der Waals surface area contributed by atoms with E-state index < -0.39 is 16.0 Å². The Kier molecular flexibility index (Phi) is 8.56. The number of nitrogens with one attached hydrogen (secondary N) is 1. The summed E-state index contributed by atoms with van der Waals surface area (Å²) in [4.78, 5) is 10.7. The fourth-order valence-electron chi connectivity index (χ4n) is 4.52. The summed E-state index contributed by atoms with van der Waals surface area (Å²) in [5.41, 5.74) is 0. The third-order valence-electron chi connectivity index (χ3n) is 5.76. The zero-order valence-electron chi connectivity index (χ0n) is 15.8. The standard InChI is InChI=1S/C20H27NO4S.Na/c22-19(23)11-7-2-1-6-10-18-15-12-13-16(14-15)20(18)21-26(24,25)17-8-4-3-5-9-17;/h1,3-6,8-9,15-16,18,20-21H,2,7,10-14H2,(H,22,23);/q;+1/p-1/b6-1-;/t15?,16-,18+,20-;/m0./s1. The summed E-state index contributed by atoms with van der Waals surface area (Å²) in [6.45, 7) is 0. The third-order valence-corrected chi connectivity index (χ3v) is 7.23. The van der Waals surface area contributed by atoms with Crippen LogP contribution in [0.4, 0.5) is 0 Å². The van der Waals surface area contributed by atoms with Gasteiger partial charge in [-0.15, -0.1) is 0 Å². The van der Waals surface area contributed by atoms with Gasteiger partial charge in [-0.25, -0.2) is 13.1 Å². The first-order valence-corrected chi connectivity index (χ1v) is 10.9. The molecule has 2 aliphatic carbocycles. The van der Waals surface area contributed by atoms with Gasteiger partial charge in [0.25, 0.3) is 0 Å². The monoisotopic (exact) mass is 399 g/mol. The zero-order valence-corrected chi connectivity index (χ0v) is 18.7. The van der Waals surface area contributed by atoms with E-state index in [9.17, 15) is 18.3 Å². The van der Waals surface area contributed by atoms with Gasteiger partial charge in [0, 0.05) is 12.0 Å². The second kappa shape index (κ2) is 10.2. The van der Waals surface area contributed by atoms with Gasteiger partial charge in [-0.05, 0) is 74.8 Å². The molecule has 0 saturated heterocycles. The maximum atomic E-state index is 12.7. The largest absolute Gasteiger partial charge is 1.00 e. The topological polar surface area (TPSA) is 86.3 Å². The first-order chi connectivity index (χ1) is 12.5. The SMILES string of the molecule is O=C([O-])CCC/C=C\C[C@@H]1C2CC[C@@H](C2)[C@@H]1NS(=O)(=O)c1ccccc1.[Na+]. The fourth-order valence-corrected chi connectivity index (χ4v) is 5.89. The van der Waals surface area contributed by atoms with Gasteiger partial charge in [0.1, 0.15) is 0 Å². The summed E-state index contributed by atoms with van der Waals surface area (Å²) < 4.78 is 28.4. The number of rotatable bonds is 9. The van der Waals surface area contributed by atoms with Crippen LogP contribution in [-0.2, 0) is 14.8 Å². The maximum Gasteiger partial charge on any atom is 1.00 e. The van der Waals surface area contributed by atoms with Crippen molar-refractivity contribution in [1.29, 1.82) is 0 Å². The maximum absolute atomic E-state index is 12.7. The number of hydrogen-bond donors (Lipinski definition) is 1.